The molecule has 2 aromatic rings. The molecule has 3 nitrogen and oxygen atoms in total. The molecule has 0 aromatic heterocycles. The van der Waals surface area contributed by atoms with E-state index in [0.29, 0.717) is 0 Å². The molecule has 0 spiro atoms. The van der Waals surface area contributed by atoms with Crippen molar-refractivity contribution in [3.05, 3.63) is 81.5 Å². The van der Waals surface area contributed by atoms with Crippen molar-refractivity contribution in [3.63, 3.8) is 0 Å². The molecule has 0 unspecified atom stereocenters. The normalized spacial score (nSPS) is 17.5. The molecule has 94 valence electrons. The summed E-state index contributed by atoms with van der Waals surface area (Å²) in [4.78, 5) is 12.1. The van der Waals surface area contributed by atoms with Gasteiger partial charge in [0, 0.05) is 11.0 Å². The van der Waals surface area contributed by atoms with Gasteiger partial charge in [0.1, 0.15) is 5.25 Å². The summed E-state index contributed by atoms with van der Waals surface area (Å²) < 4.78 is 0. The Kier molecular flexibility index (Phi) is 3.09. The average Bonchev–Trinajstić information content (AvgIpc) is 2.46. The molecule has 0 radical (unpaired) electrons. The van der Waals surface area contributed by atoms with Crippen LogP contribution < -0.4 is 0 Å². The maximum absolute atomic E-state index is 11.3. The second-order valence-electron chi connectivity index (χ2n) is 4.27. The standard InChI is InChI=1S/C15H11NO2S/c17-16(18)13-10-12-8-4-5-9-14(12)19-15(13)11-6-2-1-3-7-11/h1-10,15H/t15-/m1/s1. The molecule has 2 aromatic carbocycles. The van der Waals surface area contributed by atoms with Gasteiger partial charge in [-0.3, -0.25) is 10.1 Å². The first-order valence-corrected chi connectivity index (χ1v) is 6.80. The minimum atomic E-state index is -0.277. The summed E-state index contributed by atoms with van der Waals surface area (Å²) in [7, 11) is 0. The zero-order chi connectivity index (χ0) is 13.2. The monoisotopic (exact) mass is 269 g/mol. The molecule has 1 atom stereocenters. The molecule has 1 aliphatic heterocycles. The molecule has 4 heteroatoms. The number of thioether (sulfide) groups is 1. The van der Waals surface area contributed by atoms with E-state index in [1.165, 1.54) is 11.8 Å². The van der Waals surface area contributed by atoms with Gasteiger partial charge in [0.15, 0.2) is 0 Å². The van der Waals surface area contributed by atoms with E-state index >= 15 is 0 Å². The van der Waals surface area contributed by atoms with E-state index in [2.05, 4.69) is 0 Å². The number of nitro groups is 1. The summed E-state index contributed by atoms with van der Waals surface area (Å²) in [5.74, 6) is 0. The molecular weight excluding hydrogens is 258 g/mol. The highest BCUT2D eigenvalue weighted by atomic mass is 32.2. The lowest BCUT2D eigenvalue weighted by atomic mass is 10.1. The molecule has 0 aliphatic carbocycles. The Hall–Kier alpha value is -2.07. The fraction of sp³-hybridized carbons (Fsp3) is 0.0667. The molecule has 0 N–H and O–H groups in total. The van der Waals surface area contributed by atoms with E-state index in [1.807, 2.05) is 54.6 Å². The van der Waals surface area contributed by atoms with Crippen LogP contribution in [0.25, 0.3) is 6.08 Å². The Morgan fingerprint density at radius 3 is 2.42 bits per heavy atom. The Balaban J connectivity index is 2.10. The largest absolute Gasteiger partial charge is 0.264 e. The van der Waals surface area contributed by atoms with Crippen molar-refractivity contribution in [2.75, 3.05) is 0 Å². The van der Waals surface area contributed by atoms with Crippen molar-refractivity contribution < 1.29 is 4.92 Å². The first-order valence-electron chi connectivity index (χ1n) is 5.92. The zero-order valence-electron chi connectivity index (χ0n) is 10.0. The third-order valence-electron chi connectivity index (χ3n) is 3.05. The number of hydrogen-bond donors (Lipinski definition) is 0. The van der Waals surface area contributed by atoms with E-state index in [1.54, 1.807) is 6.08 Å². The van der Waals surface area contributed by atoms with Crippen LogP contribution in [0, 0.1) is 10.1 Å². The van der Waals surface area contributed by atoms with Gasteiger partial charge in [-0.05, 0) is 17.2 Å². The number of hydrogen-bond acceptors (Lipinski definition) is 3. The molecule has 0 bridgehead atoms. The Morgan fingerprint density at radius 1 is 1.00 bits per heavy atom. The molecule has 19 heavy (non-hydrogen) atoms. The van der Waals surface area contributed by atoms with Crippen molar-refractivity contribution in [2.45, 2.75) is 10.1 Å². The van der Waals surface area contributed by atoms with Crippen molar-refractivity contribution in [1.29, 1.82) is 0 Å². The van der Waals surface area contributed by atoms with Crippen molar-refractivity contribution in [1.82, 2.24) is 0 Å². The van der Waals surface area contributed by atoms with Crippen molar-refractivity contribution in [2.24, 2.45) is 0 Å². The predicted molar refractivity (Wildman–Crippen MR) is 76.5 cm³/mol. The first-order chi connectivity index (χ1) is 9.25. The number of fused-ring (bicyclic) bond motifs is 1. The minimum Gasteiger partial charge on any atom is -0.259 e. The summed E-state index contributed by atoms with van der Waals surface area (Å²) in [6.45, 7) is 0. The van der Waals surface area contributed by atoms with Crippen molar-refractivity contribution in [3.8, 4) is 0 Å². The molecular formula is C15H11NO2S. The third kappa shape index (κ3) is 2.27. The lowest BCUT2D eigenvalue weighted by Gasteiger charge is -2.20. The highest BCUT2D eigenvalue weighted by molar-refractivity contribution is 7.99. The maximum atomic E-state index is 11.3. The first kappa shape index (κ1) is 12.0. The zero-order valence-corrected chi connectivity index (χ0v) is 10.8. The van der Waals surface area contributed by atoms with E-state index < -0.39 is 0 Å². The maximum Gasteiger partial charge on any atom is 0.264 e. The second-order valence-corrected chi connectivity index (χ2v) is 5.42. The van der Waals surface area contributed by atoms with Gasteiger partial charge >= 0.3 is 0 Å². The number of nitrogens with zero attached hydrogens (tertiary/aromatic N) is 1. The van der Waals surface area contributed by atoms with Gasteiger partial charge < -0.3 is 0 Å². The van der Waals surface area contributed by atoms with Crippen molar-refractivity contribution >= 4 is 17.8 Å². The Labute approximate surface area is 115 Å². The highest BCUT2D eigenvalue weighted by Gasteiger charge is 2.31. The molecule has 3 rings (SSSR count). The Bertz CT molecular complexity index is 652. The lowest BCUT2D eigenvalue weighted by Crippen LogP contribution is -2.10. The number of rotatable bonds is 2. The topological polar surface area (TPSA) is 43.1 Å². The summed E-state index contributed by atoms with van der Waals surface area (Å²) >= 11 is 1.54. The molecule has 0 amide bonds. The molecule has 1 aliphatic rings. The van der Waals surface area contributed by atoms with Crippen LogP contribution in [0.15, 0.2) is 65.2 Å². The Morgan fingerprint density at radius 2 is 1.68 bits per heavy atom. The van der Waals surface area contributed by atoms with E-state index in [4.69, 9.17) is 0 Å². The van der Waals surface area contributed by atoms with E-state index in [0.717, 1.165) is 16.0 Å². The van der Waals surface area contributed by atoms with Crippen LogP contribution in [-0.2, 0) is 0 Å². The average molecular weight is 269 g/mol. The minimum absolute atomic E-state index is 0.244. The molecule has 1 heterocycles. The molecule has 0 saturated carbocycles. The van der Waals surface area contributed by atoms with Crippen LogP contribution in [-0.4, -0.2) is 4.92 Å². The lowest BCUT2D eigenvalue weighted by molar-refractivity contribution is -0.425. The van der Waals surface area contributed by atoms with Gasteiger partial charge in [-0.1, -0.05) is 48.5 Å². The second kappa shape index (κ2) is 4.90. The third-order valence-corrected chi connectivity index (χ3v) is 4.42. The van der Waals surface area contributed by atoms with Crippen LogP contribution in [0.4, 0.5) is 0 Å². The summed E-state index contributed by atoms with van der Waals surface area (Å²) in [5, 5.41) is 11.0. The van der Waals surface area contributed by atoms with Gasteiger partial charge in [0.05, 0.1) is 4.92 Å². The molecule has 0 fully saturated rings. The summed E-state index contributed by atoms with van der Waals surface area (Å²) in [5.41, 5.74) is 2.13. The van der Waals surface area contributed by atoms with Crippen LogP contribution in [0.1, 0.15) is 16.4 Å². The van der Waals surface area contributed by atoms with Gasteiger partial charge in [-0.25, -0.2) is 0 Å². The summed E-state index contributed by atoms with van der Waals surface area (Å²) in [6, 6.07) is 17.4. The van der Waals surface area contributed by atoms with Gasteiger partial charge in [-0.15, -0.1) is 11.8 Å². The van der Waals surface area contributed by atoms with E-state index in [9.17, 15) is 10.1 Å². The van der Waals surface area contributed by atoms with Crippen LogP contribution in [0.3, 0.4) is 0 Å². The fourth-order valence-electron chi connectivity index (χ4n) is 2.14. The van der Waals surface area contributed by atoms with Crippen LogP contribution in [0.5, 0.6) is 0 Å². The fourth-order valence-corrected chi connectivity index (χ4v) is 3.39. The smallest absolute Gasteiger partial charge is 0.259 e. The van der Waals surface area contributed by atoms with Gasteiger partial charge in [-0.2, -0.15) is 0 Å². The van der Waals surface area contributed by atoms with Crippen LogP contribution >= 0.6 is 11.8 Å². The van der Waals surface area contributed by atoms with E-state index in [-0.39, 0.29) is 15.9 Å². The summed E-state index contributed by atoms with van der Waals surface area (Å²) in [6.07, 6.45) is 1.68. The quantitative estimate of drug-likeness (QED) is 0.607. The predicted octanol–water partition coefficient (Wildman–Crippen LogP) is 4.15. The molecule has 0 saturated heterocycles. The SMILES string of the molecule is O=[N+]([O-])C1=Cc2ccccc2S[C@@H]1c1ccccc1. The van der Waals surface area contributed by atoms with Gasteiger partial charge in [0.25, 0.3) is 5.70 Å². The highest BCUT2D eigenvalue weighted by Crippen LogP contribution is 2.46. The van der Waals surface area contributed by atoms with Gasteiger partial charge in [0.2, 0.25) is 0 Å². The van der Waals surface area contributed by atoms with Crippen LogP contribution in [0.2, 0.25) is 0 Å². The number of benzene rings is 2.